The third-order valence-electron chi connectivity index (χ3n) is 3.70. The normalized spacial score (nSPS) is 11.1. The van der Waals surface area contributed by atoms with Crippen molar-refractivity contribution in [3.63, 3.8) is 0 Å². The molecule has 1 aromatic heterocycles. The highest BCUT2D eigenvalue weighted by atomic mass is 16.5. The molecule has 25 heavy (non-hydrogen) atoms. The van der Waals surface area contributed by atoms with Crippen LogP contribution in [0.15, 0.2) is 60.0 Å². The topological polar surface area (TPSA) is 68.5 Å². The van der Waals surface area contributed by atoms with Crippen molar-refractivity contribution in [1.29, 1.82) is 0 Å². The summed E-state index contributed by atoms with van der Waals surface area (Å²) in [6, 6.07) is 15.4. The van der Waals surface area contributed by atoms with Gasteiger partial charge in [-0.05, 0) is 48.9 Å². The number of nitrogens with zero attached hydrogens (tertiary/aromatic N) is 3. The molecule has 3 rings (SSSR count). The van der Waals surface area contributed by atoms with Crippen LogP contribution in [0.3, 0.4) is 0 Å². The first-order chi connectivity index (χ1) is 12.3. The van der Waals surface area contributed by atoms with Crippen molar-refractivity contribution in [3.05, 3.63) is 60.4 Å². The predicted molar refractivity (Wildman–Crippen MR) is 97.7 cm³/mol. The number of rotatable bonds is 7. The summed E-state index contributed by atoms with van der Waals surface area (Å²) >= 11 is 0. The number of amides is 1. The lowest BCUT2D eigenvalue weighted by Crippen LogP contribution is -2.19. The van der Waals surface area contributed by atoms with Gasteiger partial charge in [-0.25, -0.2) is 10.4 Å². The Morgan fingerprint density at radius 1 is 1.24 bits per heavy atom. The van der Waals surface area contributed by atoms with E-state index in [9.17, 15) is 4.79 Å². The fourth-order valence-corrected chi connectivity index (χ4v) is 2.46. The zero-order valence-corrected chi connectivity index (χ0v) is 14.1. The number of carbonyl (C=O) groups excluding carboxylic acids is 1. The molecular formula is C19H20N4O2. The quantitative estimate of drug-likeness (QED) is 0.533. The predicted octanol–water partition coefficient (Wildman–Crippen LogP) is 2.98. The third-order valence-corrected chi connectivity index (χ3v) is 3.70. The molecule has 0 fully saturated rings. The zero-order chi connectivity index (χ0) is 17.5. The number of fused-ring (bicyclic) bond motifs is 1. The first kappa shape index (κ1) is 16.7. The lowest BCUT2D eigenvalue weighted by Gasteiger charge is -2.04. The van der Waals surface area contributed by atoms with Crippen LogP contribution in [0, 0.1) is 0 Å². The monoisotopic (exact) mass is 336 g/mol. The first-order valence-corrected chi connectivity index (χ1v) is 8.21. The average Bonchev–Trinajstić information content (AvgIpc) is 3.05. The maximum absolute atomic E-state index is 11.9. The van der Waals surface area contributed by atoms with Crippen molar-refractivity contribution < 1.29 is 9.53 Å². The summed E-state index contributed by atoms with van der Waals surface area (Å²) in [7, 11) is 0. The minimum absolute atomic E-state index is 0.139. The van der Waals surface area contributed by atoms with Gasteiger partial charge in [0.1, 0.15) is 5.75 Å². The Balaban J connectivity index is 1.49. The molecule has 0 aliphatic heterocycles. The second-order valence-corrected chi connectivity index (χ2v) is 5.47. The molecule has 1 heterocycles. The van der Waals surface area contributed by atoms with E-state index in [1.807, 2.05) is 60.0 Å². The fraction of sp³-hybridized carbons (Fsp3) is 0.211. The van der Waals surface area contributed by atoms with Gasteiger partial charge in [0, 0.05) is 13.0 Å². The summed E-state index contributed by atoms with van der Waals surface area (Å²) in [5.41, 5.74) is 5.39. The Bertz CT molecular complexity index is 869. The molecule has 0 radical (unpaired) electrons. The van der Waals surface area contributed by atoms with Gasteiger partial charge in [0.25, 0.3) is 0 Å². The van der Waals surface area contributed by atoms with Gasteiger partial charge in [-0.2, -0.15) is 5.10 Å². The second kappa shape index (κ2) is 8.10. The number of aryl methyl sites for hydroxylation is 1. The summed E-state index contributed by atoms with van der Waals surface area (Å²) < 4.78 is 7.34. The molecule has 1 amide bonds. The van der Waals surface area contributed by atoms with E-state index in [2.05, 4.69) is 15.5 Å². The van der Waals surface area contributed by atoms with Gasteiger partial charge in [0.2, 0.25) is 5.91 Å². The van der Waals surface area contributed by atoms with E-state index < -0.39 is 0 Å². The van der Waals surface area contributed by atoms with Crippen molar-refractivity contribution in [2.24, 2.45) is 5.10 Å². The van der Waals surface area contributed by atoms with Gasteiger partial charge in [-0.15, -0.1) is 0 Å². The standard InChI is InChI=1S/C19H20N4O2/c1-2-25-16-9-7-15(8-10-16)13-21-22-19(24)11-12-23-14-20-17-5-3-4-6-18(17)23/h3-10,13-14H,2,11-12H2,1H3,(H,22,24)/b21-13+. The van der Waals surface area contributed by atoms with Crippen LogP contribution in [-0.4, -0.2) is 28.3 Å². The van der Waals surface area contributed by atoms with Gasteiger partial charge >= 0.3 is 0 Å². The highest BCUT2D eigenvalue weighted by molar-refractivity contribution is 5.82. The molecule has 3 aromatic rings. The molecule has 0 atom stereocenters. The number of imidazole rings is 1. The Labute approximate surface area is 146 Å². The second-order valence-electron chi connectivity index (χ2n) is 5.47. The maximum Gasteiger partial charge on any atom is 0.241 e. The number of ether oxygens (including phenoxy) is 1. The molecule has 0 aliphatic rings. The molecule has 6 nitrogen and oxygen atoms in total. The minimum atomic E-state index is -0.139. The molecular weight excluding hydrogens is 316 g/mol. The van der Waals surface area contributed by atoms with E-state index in [0.717, 1.165) is 22.3 Å². The number of hydrogen-bond acceptors (Lipinski definition) is 4. The summed E-state index contributed by atoms with van der Waals surface area (Å²) in [6.07, 6.45) is 3.70. The SMILES string of the molecule is CCOc1ccc(/C=N/NC(=O)CCn2cnc3ccccc32)cc1. The van der Waals surface area contributed by atoms with E-state index >= 15 is 0 Å². The van der Waals surface area contributed by atoms with Gasteiger partial charge in [0.15, 0.2) is 0 Å². The molecule has 0 spiro atoms. The number of hydrazone groups is 1. The Hall–Kier alpha value is -3.15. The number of carbonyl (C=O) groups is 1. The van der Waals surface area contributed by atoms with Gasteiger partial charge < -0.3 is 9.30 Å². The van der Waals surface area contributed by atoms with Crippen LogP contribution in [0.2, 0.25) is 0 Å². The summed E-state index contributed by atoms with van der Waals surface area (Å²) in [4.78, 5) is 16.2. The van der Waals surface area contributed by atoms with Crippen molar-refractivity contribution in [2.75, 3.05) is 6.61 Å². The zero-order valence-electron chi connectivity index (χ0n) is 14.1. The summed E-state index contributed by atoms with van der Waals surface area (Å²) in [5, 5.41) is 3.99. The molecule has 0 saturated heterocycles. The Morgan fingerprint density at radius 2 is 2.04 bits per heavy atom. The largest absolute Gasteiger partial charge is 0.494 e. The lowest BCUT2D eigenvalue weighted by atomic mass is 10.2. The van der Waals surface area contributed by atoms with Gasteiger partial charge in [-0.1, -0.05) is 12.1 Å². The van der Waals surface area contributed by atoms with Crippen LogP contribution >= 0.6 is 0 Å². The molecule has 0 unspecified atom stereocenters. The Kier molecular flexibility index (Phi) is 5.41. The minimum Gasteiger partial charge on any atom is -0.494 e. The van der Waals surface area contributed by atoms with Crippen molar-refractivity contribution in [1.82, 2.24) is 15.0 Å². The van der Waals surface area contributed by atoms with Crippen LogP contribution in [-0.2, 0) is 11.3 Å². The van der Waals surface area contributed by atoms with Crippen molar-refractivity contribution >= 4 is 23.2 Å². The van der Waals surface area contributed by atoms with Crippen LogP contribution < -0.4 is 10.2 Å². The molecule has 6 heteroatoms. The van der Waals surface area contributed by atoms with Crippen molar-refractivity contribution in [2.45, 2.75) is 19.9 Å². The highest BCUT2D eigenvalue weighted by Gasteiger charge is 2.04. The maximum atomic E-state index is 11.9. The van der Waals surface area contributed by atoms with Crippen molar-refractivity contribution in [3.8, 4) is 5.75 Å². The molecule has 0 bridgehead atoms. The average molecular weight is 336 g/mol. The van der Waals surface area contributed by atoms with Gasteiger partial charge in [0.05, 0.1) is 30.2 Å². The van der Waals surface area contributed by atoms with E-state index in [-0.39, 0.29) is 5.91 Å². The number of hydrogen-bond donors (Lipinski definition) is 1. The highest BCUT2D eigenvalue weighted by Crippen LogP contribution is 2.12. The number of nitrogens with one attached hydrogen (secondary N) is 1. The molecule has 1 N–H and O–H groups in total. The van der Waals surface area contributed by atoms with Crippen LogP contribution in [0.5, 0.6) is 5.75 Å². The summed E-state index contributed by atoms with van der Waals surface area (Å²) in [5.74, 6) is 0.677. The Morgan fingerprint density at radius 3 is 2.84 bits per heavy atom. The van der Waals surface area contributed by atoms with Crippen LogP contribution in [0.4, 0.5) is 0 Å². The third kappa shape index (κ3) is 4.44. The van der Waals surface area contributed by atoms with E-state index in [1.165, 1.54) is 0 Å². The number of benzene rings is 2. The fourth-order valence-electron chi connectivity index (χ4n) is 2.46. The molecule has 0 aliphatic carbocycles. The molecule has 128 valence electrons. The number of aromatic nitrogens is 2. The van der Waals surface area contributed by atoms with Gasteiger partial charge in [-0.3, -0.25) is 4.79 Å². The van der Waals surface area contributed by atoms with E-state index in [0.29, 0.717) is 19.6 Å². The van der Waals surface area contributed by atoms with E-state index in [1.54, 1.807) is 12.5 Å². The lowest BCUT2D eigenvalue weighted by molar-refractivity contribution is -0.121. The van der Waals surface area contributed by atoms with Crippen LogP contribution in [0.1, 0.15) is 18.9 Å². The summed E-state index contributed by atoms with van der Waals surface area (Å²) in [6.45, 7) is 3.14. The first-order valence-electron chi connectivity index (χ1n) is 8.21. The molecule has 2 aromatic carbocycles. The molecule has 0 saturated carbocycles. The van der Waals surface area contributed by atoms with Crippen LogP contribution in [0.25, 0.3) is 11.0 Å². The number of para-hydroxylation sites is 2. The van der Waals surface area contributed by atoms with E-state index in [4.69, 9.17) is 4.74 Å². The smallest absolute Gasteiger partial charge is 0.241 e.